The summed E-state index contributed by atoms with van der Waals surface area (Å²) < 4.78 is 11.6. The standard InChI is InChI=1S/C27H27NO4/c1-27(2,3)32-20-14-12-18(13-15-20)16-19(17-29)28-26(30)31-25-23-10-6-4-8-21(23)22-9-5-7-11-24(22)25/h4-15,17,19,25H,16H2,1-3H3,(H,28,30)/t19-/m0/s1. The molecule has 0 bridgehead atoms. The summed E-state index contributed by atoms with van der Waals surface area (Å²) >= 11 is 0. The summed E-state index contributed by atoms with van der Waals surface area (Å²) in [5, 5.41) is 2.70. The molecule has 164 valence electrons. The van der Waals surface area contributed by atoms with Gasteiger partial charge in [-0.2, -0.15) is 0 Å². The molecule has 32 heavy (non-hydrogen) atoms. The van der Waals surface area contributed by atoms with Crippen molar-refractivity contribution in [3.8, 4) is 16.9 Å². The Bertz CT molecular complexity index is 1070. The summed E-state index contributed by atoms with van der Waals surface area (Å²) in [5.74, 6) is 0.759. The average Bonchev–Trinajstić information content (AvgIpc) is 3.07. The van der Waals surface area contributed by atoms with Crippen LogP contribution in [0.2, 0.25) is 0 Å². The van der Waals surface area contributed by atoms with Crippen LogP contribution in [0.25, 0.3) is 11.1 Å². The third kappa shape index (κ3) is 4.83. The molecule has 1 aliphatic rings. The smallest absolute Gasteiger partial charge is 0.408 e. The molecule has 1 N–H and O–H groups in total. The molecule has 3 aromatic rings. The molecule has 0 unspecified atom stereocenters. The van der Waals surface area contributed by atoms with Crippen molar-refractivity contribution in [2.45, 2.75) is 44.9 Å². The first-order chi connectivity index (χ1) is 15.3. The van der Waals surface area contributed by atoms with Gasteiger partial charge in [0.2, 0.25) is 0 Å². The number of carbonyl (C=O) groups excluding carboxylic acids is 2. The molecular weight excluding hydrogens is 402 g/mol. The van der Waals surface area contributed by atoms with Crippen molar-refractivity contribution in [2.24, 2.45) is 0 Å². The maximum atomic E-state index is 12.7. The Balaban J connectivity index is 1.42. The van der Waals surface area contributed by atoms with Crippen molar-refractivity contribution in [1.29, 1.82) is 0 Å². The molecule has 1 atom stereocenters. The van der Waals surface area contributed by atoms with E-state index in [-0.39, 0.29) is 5.60 Å². The van der Waals surface area contributed by atoms with Crippen LogP contribution in [0.5, 0.6) is 5.75 Å². The van der Waals surface area contributed by atoms with Crippen molar-refractivity contribution in [1.82, 2.24) is 5.32 Å². The third-order valence-corrected chi connectivity index (χ3v) is 5.27. The lowest BCUT2D eigenvalue weighted by Crippen LogP contribution is -2.38. The fraction of sp³-hybridized carbons (Fsp3) is 0.259. The third-order valence-electron chi connectivity index (χ3n) is 5.27. The Morgan fingerprint density at radius 3 is 2.03 bits per heavy atom. The predicted octanol–water partition coefficient (Wildman–Crippen LogP) is 5.47. The van der Waals surface area contributed by atoms with Gasteiger partial charge in [0.05, 0.1) is 6.04 Å². The van der Waals surface area contributed by atoms with Gasteiger partial charge in [0.15, 0.2) is 6.10 Å². The summed E-state index contributed by atoms with van der Waals surface area (Å²) in [6, 6.07) is 22.6. The molecule has 1 amide bonds. The highest BCUT2D eigenvalue weighted by atomic mass is 16.6. The van der Waals surface area contributed by atoms with Crippen LogP contribution in [0, 0.1) is 0 Å². The second-order valence-electron chi connectivity index (χ2n) is 8.91. The molecule has 4 rings (SSSR count). The number of fused-ring (bicyclic) bond motifs is 3. The Morgan fingerprint density at radius 2 is 1.50 bits per heavy atom. The van der Waals surface area contributed by atoms with Crippen LogP contribution in [0.4, 0.5) is 4.79 Å². The lowest BCUT2D eigenvalue weighted by Gasteiger charge is -2.21. The molecule has 0 heterocycles. The second-order valence-corrected chi connectivity index (χ2v) is 8.91. The van der Waals surface area contributed by atoms with E-state index in [9.17, 15) is 9.59 Å². The first-order valence-corrected chi connectivity index (χ1v) is 10.7. The molecule has 0 fully saturated rings. The van der Waals surface area contributed by atoms with Crippen molar-refractivity contribution < 1.29 is 19.1 Å². The van der Waals surface area contributed by atoms with Gasteiger partial charge in [-0.1, -0.05) is 60.7 Å². The van der Waals surface area contributed by atoms with Crippen LogP contribution in [0.3, 0.4) is 0 Å². The first kappa shape index (κ1) is 21.6. The van der Waals surface area contributed by atoms with Gasteiger partial charge in [-0.15, -0.1) is 0 Å². The number of nitrogens with one attached hydrogen (secondary N) is 1. The molecule has 0 aromatic heterocycles. The molecule has 3 aromatic carbocycles. The van der Waals surface area contributed by atoms with Gasteiger partial charge < -0.3 is 19.6 Å². The van der Waals surface area contributed by atoms with Gasteiger partial charge in [-0.25, -0.2) is 4.79 Å². The van der Waals surface area contributed by atoms with Crippen molar-refractivity contribution >= 4 is 12.4 Å². The molecule has 0 aliphatic heterocycles. The highest BCUT2D eigenvalue weighted by molar-refractivity contribution is 5.80. The van der Waals surface area contributed by atoms with E-state index in [1.165, 1.54) is 0 Å². The molecule has 0 saturated carbocycles. The van der Waals surface area contributed by atoms with Crippen LogP contribution in [-0.4, -0.2) is 24.0 Å². The van der Waals surface area contributed by atoms with Crippen molar-refractivity contribution in [3.05, 3.63) is 89.5 Å². The zero-order chi connectivity index (χ0) is 22.7. The van der Waals surface area contributed by atoms with E-state index in [2.05, 4.69) is 5.32 Å². The number of amides is 1. The van der Waals surface area contributed by atoms with Gasteiger partial charge in [0.1, 0.15) is 17.6 Å². The Labute approximate surface area is 188 Å². The summed E-state index contributed by atoms with van der Waals surface area (Å²) in [6.07, 6.45) is -0.0151. The number of hydrogen-bond donors (Lipinski definition) is 1. The van der Waals surface area contributed by atoms with E-state index in [1.54, 1.807) is 0 Å². The topological polar surface area (TPSA) is 64.6 Å². The minimum absolute atomic E-state index is 0.282. The van der Waals surface area contributed by atoms with Gasteiger partial charge in [0.25, 0.3) is 0 Å². The monoisotopic (exact) mass is 429 g/mol. The molecule has 1 aliphatic carbocycles. The van der Waals surface area contributed by atoms with Crippen LogP contribution < -0.4 is 10.1 Å². The quantitative estimate of drug-likeness (QED) is 0.528. The predicted molar refractivity (Wildman–Crippen MR) is 124 cm³/mol. The minimum Gasteiger partial charge on any atom is -0.488 e. The maximum absolute atomic E-state index is 12.7. The fourth-order valence-corrected chi connectivity index (χ4v) is 3.96. The highest BCUT2D eigenvalue weighted by Gasteiger charge is 2.31. The lowest BCUT2D eigenvalue weighted by molar-refractivity contribution is -0.109. The zero-order valence-corrected chi connectivity index (χ0v) is 18.5. The molecule has 0 saturated heterocycles. The van der Waals surface area contributed by atoms with Crippen LogP contribution in [-0.2, 0) is 16.0 Å². The van der Waals surface area contributed by atoms with E-state index < -0.39 is 18.2 Å². The van der Waals surface area contributed by atoms with Gasteiger partial charge in [0, 0.05) is 11.1 Å². The molecule has 5 nitrogen and oxygen atoms in total. The summed E-state index contributed by atoms with van der Waals surface area (Å²) in [6.45, 7) is 5.96. The number of aldehydes is 1. The first-order valence-electron chi connectivity index (χ1n) is 10.7. The lowest BCUT2D eigenvalue weighted by atomic mass is 10.1. The largest absolute Gasteiger partial charge is 0.488 e. The Kier molecular flexibility index (Phi) is 5.99. The van der Waals surface area contributed by atoms with Gasteiger partial charge in [-0.3, -0.25) is 0 Å². The summed E-state index contributed by atoms with van der Waals surface area (Å²) in [5.41, 5.74) is 4.65. The number of ether oxygens (including phenoxy) is 2. The summed E-state index contributed by atoms with van der Waals surface area (Å²) in [7, 11) is 0. The van der Waals surface area contributed by atoms with Crippen molar-refractivity contribution in [2.75, 3.05) is 0 Å². The summed E-state index contributed by atoms with van der Waals surface area (Å²) in [4.78, 5) is 24.3. The van der Waals surface area contributed by atoms with Crippen LogP contribution in [0.15, 0.2) is 72.8 Å². The van der Waals surface area contributed by atoms with Gasteiger partial charge in [-0.05, 0) is 56.0 Å². The number of hydrogen-bond acceptors (Lipinski definition) is 4. The van der Waals surface area contributed by atoms with Gasteiger partial charge >= 0.3 is 6.09 Å². The van der Waals surface area contributed by atoms with E-state index in [4.69, 9.17) is 9.47 Å². The number of carbonyl (C=O) groups is 2. The van der Waals surface area contributed by atoms with E-state index in [0.29, 0.717) is 6.42 Å². The number of rotatable bonds is 6. The molecular formula is C27H27NO4. The van der Waals surface area contributed by atoms with Crippen LogP contribution in [0.1, 0.15) is 43.6 Å². The normalized spacial score (nSPS) is 13.6. The average molecular weight is 430 g/mol. The van der Waals surface area contributed by atoms with E-state index >= 15 is 0 Å². The van der Waals surface area contributed by atoms with E-state index in [0.717, 1.165) is 39.9 Å². The zero-order valence-electron chi connectivity index (χ0n) is 18.5. The number of benzene rings is 3. The Hall–Kier alpha value is -3.60. The van der Waals surface area contributed by atoms with Crippen molar-refractivity contribution in [3.63, 3.8) is 0 Å². The Morgan fingerprint density at radius 1 is 0.938 bits per heavy atom. The molecule has 5 heteroatoms. The molecule has 0 spiro atoms. The van der Waals surface area contributed by atoms with E-state index in [1.807, 2.05) is 93.6 Å². The second kappa shape index (κ2) is 8.87. The minimum atomic E-state index is -0.691. The van der Waals surface area contributed by atoms with Crippen LogP contribution >= 0.6 is 0 Å². The maximum Gasteiger partial charge on any atom is 0.408 e. The SMILES string of the molecule is CC(C)(C)Oc1ccc(C[C@@H](C=O)NC(=O)OC2c3ccccc3-c3ccccc32)cc1. The highest BCUT2D eigenvalue weighted by Crippen LogP contribution is 2.45. The number of alkyl carbamates (subject to hydrolysis) is 1. The molecule has 0 radical (unpaired) electrons. The fourth-order valence-electron chi connectivity index (χ4n) is 3.96.